The molecule has 1 aliphatic carbocycles. The molecular formula is C54H61N9O4. The van der Waals surface area contributed by atoms with E-state index < -0.39 is 11.9 Å². The van der Waals surface area contributed by atoms with Crippen molar-refractivity contribution in [2.75, 3.05) is 52.4 Å². The van der Waals surface area contributed by atoms with E-state index in [1.807, 2.05) is 18.5 Å². The third-order valence-electron chi connectivity index (χ3n) is 16.0. The molecule has 1 unspecified atom stereocenters. The number of likely N-dealkylation sites (tertiary alicyclic amines) is 3. The van der Waals surface area contributed by atoms with Crippen LogP contribution in [0.25, 0.3) is 39.1 Å². The highest BCUT2D eigenvalue weighted by Gasteiger charge is 2.33. The number of piperidine rings is 4. The van der Waals surface area contributed by atoms with E-state index in [1.54, 1.807) is 16.2 Å². The Morgan fingerprint density at radius 1 is 0.776 bits per heavy atom. The number of aromatic nitrogens is 5. The molecule has 4 aliphatic heterocycles. The lowest BCUT2D eigenvalue weighted by Gasteiger charge is -2.38. The maximum atomic E-state index is 13.7. The van der Waals surface area contributed by atoms with E-state index in [0.29, 0.717) is 30.1 Å². The number of H-pyrrole nitrogens is 1. The van der Waals surface area contributed by atoms with E-state index in [-0.39, 0.29) is 23.9 Å². The molecule has 3 amide bonds. The number of carbonyl (C=O) groups is 3. The second-order valence-corrected chi connectivity index (χ2v) is 20.1. The lowest BCUT2D eigenvalue weighted by Crippen LogP contribution is -2.44. The standard InChI is InChI=1S/C54H61N9O4/c1-34-27-47-45(44(13-20-55-47)41-7-9-46-42(28-41)31-56-58-46)29-43(34)33-61-23-16-37(17-24-61)36-3-5-39(6-4-36)53(66)62-25-14-35(15-26-62)32-60-21-18-38(19-22-60)40-8-10-48-50(30-40)59(2)54(67)63(48)49-11-12-51(64)57-52(49)65/h3-10,13,20,28-31,34-35,37-38,49H,11-12,14-19,21-27,32-33H2,1-2H3,(H,56,58)(H,57,64,65)/t34-,49?/m0/s1. The van der Waals surface area contributed by atoms with Crippen molar-refractivity contribution in [3.63, 3.8) is 0 Å². The Kier molecular flexibility index (Phi) is 11.7. The van der Waals surface area contributed by atoms with Gasteiger partial charge in [0.25, 0.3) is 5.91 Å². The normalized spacial score (nSPS) is 21.8. The molecule has 7 heterocycles. The molecule has 2 N–H and O–H groups in total. The minimum absolute atomic E-state index is 0.152. The molecule has 0 bridgehead atoms. The van der Waals surface area contributed by atoms with E-state index in [1.165, 1.54) is 39.1 Å². The summed E-state index contributed by atoms with van der Waals surface area (Å²) in [5.74, 6) is 1.40. The van der Waals surface area contributed by atoms with E-state index in [2.05, 4.69) is 104 Å². The average molecular weight is 900 g/mol. The van der Waals surface area contributed by atoms with Gasteiger partial charge in [-0.15, -0.1) is 0 Å². The number of amides is 3. The van der Waals surface area contributed by atoms with Gasteiger partial charge in [-0.3, -0.25) is 43.8 Å². The maximum Gasteiger partial charge on any atom is 0.329 e. The zero-order valence-electron chi connectivity index (χ0n) is 38.8. The summed E-state index contributed by atoms with van der Waals surface area (Å²) in [5, 5.41) is 10.8. The van der Waals surface area contributed by atoms with Crippen LogP contribution in [0.1, 0.15) is 109 Å². The summed E-state index contributed by atoms with van der Waals surface area (Å²) in [6, 6.07) is 22.7. The molecule has 0 radical (unpaired) electrons. The van der Waals surface area contributed by atoms with Crippen molar-refractivity contribution in [1.82, 2.24) is 44.3 Å². The molecule has 0 spiro atoms. The van der Waals surface area contributed by atoms with Gasteiger partial charge in [-0.05, 0) is 166 Å². The number of nitrogens with one attached hydrogen (secondary N) is 2. The smallest absolute Gasteiger partial charge is 0.329 e. The Bertz CT molecular complexity index is 2940. The summed E-state index contributed by atoms with van der Waals surface area (Å²) in [5.41, 5.74) is 12.1. The van der Waals surface area contributed by atoms with Crippen molar-refractivity contribution < 1.29 is 14.4 Å². The molecule has 4 saturated heterocycles. The van der Waals surface area contributed by atoms with Gasteiger partial charge in [0.1, 0.15) is 6.04 Å². The van der Waals surface area contributed by atoms with Gasteiger partial charge in [-0.25, -0.2) is 4.79 Å². The predicted molar refractivity (Wildman–Crippen MR) is 261 cm³/mol. The molecule has 3 aromatic heterocycles. The molecular weight excluding hydrogens is 839 g/mol. The second-order valence-electron chi connectivity index (χ2n) is 20.1. The van der Waals surface area contributed by atoms with Crippen molar-refractivity contribution in [2.45, 2.75) is 82.6 Å². The van der Waals surface area contributed by atoms with Crippen LogP contribution in [0.5, 0.6) is 0 Å². The Morgan fingerprint density at radius 3 is 2.27 bits per heavy atom. The van der Waals surface area contributed by atoms with Gasteiger partial charge < -0.3 is 9.80 Å². The minimum Gasteiger partial charge on any atom is -0.339 e. The summed E-state index contributed by atoms with van der Waals surface area (Å²) in [6.07, 6.45) is 14.2. The molecule has 2 atom stereocenters. The van der Waals surface area contributed by atoms with Gasteiger partial charge in [-0.1, -0.05) is 42.8 Å². The summed E-state index contributed by atoms with van der Waals surface area (Å²) < 4.78 is 3.18. The monoisotopic (exact) mass is 899 g/mol. The number of nitrogens with zero attached hydrogens (tertiary/aromatic N) is 7. The van der Waals surface area contributed by atoms with Gasteiger partial charge >= 0.3 is 5.69 Å². The van der Waals surface area contributed by atoms with Crippen LogP contribution in [0.3, 0.4) is 0 Å². The maximum absolute atomic E-state index is 13.7. The Balaban J connectivity index is 0.638. The van der Waals surface area contributed by atoms with Crippen molar-refractivity contribution >= 4 is 45.7 Å². The highest BCUT2D eigenvalue weighted by atomic mass is 16.2. The molecule has 13 heteroatoms. The van der Waals surface area contributed by atoms with Crippen molar-refractivity contribution in [2.24, 2.45) is 18.9 Å². The fraction of sp³-hybridized carbons (Fsp3) is 0.444. The number of carbonyl (C=O) groups excluding carboxylic acids is 3. The molecule has 11 rings (SSSR count). The molecule has 346 valence electrons. The van der Waals surface area contributed by atoms with Crippen LogP contribution < -0.4 is 11.0 Å². The number of hydrogen-bond acceptors (Lipinski definition) is 8. The van der Waals surface area contributed by atoms with E-state index in [4.69, 9.17) is 4.98 Å². The average Bonchev–Trinajstić information content (AvgIpc) is 3.93. The Labute approximate surface area is 391 Å². The van der Waals surface area contributed by atoms with Crippen LogP contribution in [-0.4, -0.2) is 109 Å². The largest absolute Gasteiger partial charge is 0.339 e. The number of aryl methyl sites for hydroxylation is 1. The summed E-state index contributed by atoms with van der Waals surface area (Å²) in [7, 11) is 1.76. The number of benzene rings is 3. The summed E-state index contributed by atoms with van der Waals surface area (Å²) >= 11 is 0. The Morgan fingerprint density at radius 2 is 1.51 bits per heavy atom. The fourth-order valence-electron chi connectivity index (χ4n) is 11.9. The van der Waals surface area contributed by atoms with Gasteiger partial charge in [0.2, 0.25) is 11.8 Å². The number of aromatic amines is 1. The van der Waals surface area contributed by atoms with Crippen LogP contribution >= 0.6 is 0 Å². The van der Waals surface area contributed by atoms with Crippen LogP contribution in [0.4, 0.5) is 0 Å². The topological polar surface area (TPSA) is 141 Å². The summed E-state index contributed by atoms with van der Waals surface area (Å²) in [4.78, 5) is 63.5. The quantitative estimate of drug-likeness (QED) is 0.143. The second kappa shape index (κ2) is 18.1. The van der Waals surface area contributed by atoms with E-state index in [0.717, 1.165) is 125 Å². The third kappa shape index (κ3) is 8.56. The highest BCUT2D eigenvalue weighted by molar-refractivity contribution is 6.00. The lowest BCUT2D eigenvalue weighted by atomic mass is 9.83. The minimum atomic E-state index is -0.676. The molecule has 4 fully saturated rings. The molecule has 3 aromatic carbocycles. The highest BCUT2D eigenvalue weighted by Crippen LogP contribution is 2.37. The summed E-state index contributed by atoms with van der Waals surface area (Å²) in [6.45, 7) is 10.2. The molecule has 13 nitrogen and oxygen atoms in total. The third-order valence-corrected chi connectivity index (χ3v) is 16.0. The zero-order chi connectivity index (χ0) is 45.8. The lowest BCUT2D eigenvalue weighted by molar-refractivity contribution is -0.135. The van der Waals surface area contributed by atoms with Crippen LogP contribution in [-0.2, 0) is 23.1 Å². The first-order valence-electron chi connectivity index (χ1n) is 24.6. The van der Waals surface area contributed by atoms with E-state index in [9.17, 15) is 19.2 Å². The van der Waals surface area contributed by atoms with Crippen LogP contribution in [0, 0.1) is 11.8 Å². The zero-order valence-corrected chi connectivity index (χ0v) is 38.8. The van der Waals surface area contributed by atoms with Crippen molar-refractivity contribution in [1.29, 1.82) is 0 Å². The molecule has 0 saturated carbocycles. The van der Waals surface area contributed by atoms with Gasteiger partial charge in [0, 0.05) is 68.1 Å². The predicted octanol–water partition coefficient (Wildman–Crippen LogP) is 7.44. The number of pyridine rings is 1. The number of rotatable bonds is 9. The number of fused-ring (bicyclic) bond motifs is 3. The molecule has 67 heavy (non-hydrogen) atoms. The van der Waals surface area contributed by atoms with Gasteiger partial charge in [0.15, 0.2) is 0 Å². The number of hydrogen-bond donors (Lipinski definition) is 2. The first-order chi connectivity index (χ1) is 32.6. The Hall–Kier alpha value is -6.18. The molecule has 6 aromatic rings. The number of imide groups is 1. The van der Waals surface area contributed by atoms with Gasteiger partial charge in [-0.2, -0.15) is 5.10 Å². The first-order valence-corrected chi connectivity index (χ1v) is 24.6. The SMILES string of the molecule is C[C@H]1Cc2nccc(-c3ccc4[nH]ncc4c3)c2C=C1CN1CCC(c2ccc(C(=O)N3CCC(CN4CCC(c5ccc6c(c5)n(C)c(=O)n6C5CCC(=O)NC5=O)CC4)CC3)cc2)CC1. The fourth-order valence-corrected chi connectivity index (χ4v) is 11.9. The van der Waals surface area contributed by atoms with Crippen molar-refractivity contribution in [3.8, 4) is 11.1 Å². The van der Waals surface area contributed by atoms with Crippen LogP contribution in [0.15, 0.2) is 89.5 Å². The van der Waals surface area contributed by atoms with Crippen LogP contribution in [0.2, 0.25) is 0 Å². The number of imidazole rings is 1. The van der Waals surface area contributed by atoms with Gasteiger partial charge in [0.05, 0.1) is 22.7 Å². The van der Waals surface area contributed by atoms with E-state index >= 15 is 0 Å². The first kappa shape index (κ1) is 43.4. The molecule has 5 aliphatic rings. The van der Waals surface area contributed by atoms with Crippen molar-refractivity contribution in [3.05, 3.63) is 123 Å².